The molecule has 2 rings (SSSR count). The summed E-state index contributed by atoms with van der Waals surface area (Å²) in [5, 5.41) is 4.03. The number of hydrazone groups is 1. The van der Waals surface area contributed by atoms with Crippen molar-refractivity contribution in [3.05, 3.63) is 58.1 Å². The van der Waals surface area contributed by atoms with Gasteiger partial charge in [0.2, 0.25) is 5.91 Å². The van der Waals surface area contributed by atoms with Gasteiger partial charge in [0.25, 0.3) is 0 Å². The summed E-state index contributed by atoms with van der Waals surface area (Å²) in [6.07, 6.45) is 13.0. The Labute approximate surface area is 211 Å². The number of esters is 1. The van der Waals surface area contributed by atoms with Crippen LogP contribution in [0.2, 0.25) is 0 Å². The highest BCUT2D eigenvalue weighted by Crippen LogP contribution is 2.28. The van der Waals surface area contributed by atoms with Crippen LogP contribution in [0.3, 0.4) is 0 Å². The van der Waals surface area contributed by atoms with E-state index in [4.69, 9.17) is 9.47 Å². The van der Waals surface area contributed by atoms with Crippen LogP contribution in [0.15, 0.2) is 52.0 Å². The van der Waals surface area contributed by atoms with E-state index in [2.05, 4.69) is 33.4 Å². The molecule has 1 N–H and O–H groups in total. The Morgan fingerprint density at radius 3 is 2.32 bits per heavy atom. The molecule has 0 radical (unpaired) electrons. The number of methoxy groups -OCH3 is 1. The Morgan fingerprint density at radius 1 is 0.941 bits per heavy atom. The van der Waals surface area contributed by atoms with E-state index < -0.39 is 5.97 Å². The van der Waals surface area contributed by atoms with Crippen LogP contribution < -0.4 is 14.9 Å². The molecular formula is C27H35BrN2O4. The summed E-state index contributed by atoms with van der Waals surface area (Å²) in [5.74, 6) is 0.128. The van der Waals surface area contributed by atoms with Crippen molar-refractivity contribution in [3.8, 4) is 11.5 Å². The standard InChI is InChI=1S/C27H35BrN2O4/c1-3-4-5-6-7-8-9-10-11-15-26(31)30-29-20-21-16-17-24(25(18-21)33-2)34-27(32)22-13-12-14-23(28)19-22/h12-14,16-20H,3-11,15H2,1-2H3,(H,30,31). The van der Waals surface area contributed by atoms with E-state index >= 15 is 0 Å². The van der Waals surface area contributed by atoms with Crippen molar-refractivity contribution in [1.82, 2.24) is 5.43 Å². The van der Waals surface area contributed by atoms with Gasteiger partial charge in [-0.2, -0.15) is 5.10 Å². The Balaban J connectivity index is 1.74. The zero-order valence-electron chi connectivity index (χ0n) is 20.1. The summed E-state index contributed by atoms with van der Waals surface area (Å²) in [4.78, 5) is 24.4. The molecule has 0 saturated heterocycles. The number of halogens is 1. The third-order valence-electron chi connectivity index (χ3n) is 5.36. The number of rotatable bonds is 15. The van der Waals surface area contributed by atoms with Gasteiger partial charge in [-0.1, -0.05) is 80.3 Å². The van der Waals surface area contributed by atoms with E-state index in [-0.39, 0.29) is 5.91 Å². The van der Waals surface area contributed by atoms with Crippen LogP contribution in [0.25, 0.3) is 0 Å². The first kappa shape index (κ1) is 27.6. The summed E-state index contributed by atoms with van der Waals surface area (Å²) in [6.45, 7) is 2.23. The molecule has 0 spiro atoms. The maximum atomic E-state index is 12.4. The van der Waals surface area contributed by atoms with Crippen LogP contribution in [0.4, 0.5) is 0 Å². The van der Waals surface area contributed by atoms with Crippen molar-refractivity contribution in [2.75, 3.05) is 7.11 Å². The van der Waals surface area contributed by atoms with Crippen LogP contribution in [-0.4, -0.2) is 25.2 Å². The predicted molar refractivity (Wildman–Crippen MR) is 140 cm³/mol. The zero-order chi connectivity index (χ0) is 24.6. The number of unbranched alkanes of at least 4 members (excludes halogenated alkanes) is 8. The van der Waals surface area contributed by atoms with Crippen LogP contribution in [-0.2, 0) is 4.79 Å². The molecule has 0 aliphatic heterocycles. The van der Waals surface area contributed by atoms with Crippen LogP contribution >= 0.6 is 15.9 Å². The van der Waals surface area contributed by atoms with Crippen molar-refractivity contribution in [2.24, 2.45) is 5.10 Å². The summed E-state index contributed by atoms with van der Waals surface area (Å²) < 4.78 is 11.6. The van der Waals surface area contributed by atoms with E-state index in [9.17, 15) is 9.59 Å². The molecule has 0 aromatic heterocycles. The second-order valence-electron chi connectivity index (χ2n) is 8.18. The molecule has 0 fully saturated rings. The van der Waals surface area contributed by atoms with E-state index in [0.717, 1.165) is 17.3 Å². The summed E-state index contributed by atoms with van der Waals surface area (Å²) in [5.41, 5.74) is 3.71. The Kier molecular flexibility index (Phi) is 13.0. The largest absolute Gasteiger partial charge is 0.493 e. The van der Waals surface area contributed by atoms with Crippen LogP contribution in [0.5, 0.6) is 11.5 Å². The number of carbonyl (C=O) groups excluding carboxylic acids is 2. The fourth-order valence-electron chi connectivity index (χ4n) is 3.45. The normalized spacial score (nSPS) is 10.9. The van der Waals surface area contributed by atoms with Gasteiger partial charge in [-0.15, -0.1) is 0 Å². The van der Waals surface area contributed by atoms with E-state index in [1.807, 2.05) is 6.07 Å². The number of nitrogens with zero attached hydrogens (tertiary/aromatic N) is 1. The highest BCUT2D eigenvalue weighted by molar-refractivity contribution is 9.10. The van der Waals surface area contributed by atoms with Crippen molar-refractivity contribution < 1.29 is 19.1 Å². The Morgan fingerprint density at radius 2 is 1.65 bits per heavy atom. The monoisotopic (exact) mass is 530 g/mol. The number of carbonyl (C=O) groups is 2. The van der Waals surface area contributed by atoms with E-state index in [0.29, 0.717) is 29.0 Å². The lowest BCUT2D eigenvalue weighted by molar-refractivity contribution is -0.121. The lowest BCUT2D eigenvalue weighted by atomic mass is 10.1. The first-order valence-corrected chi connectivity index (χ1v) is 12.8. The van der Waals surface area contributed by atoms with Gasteiger partial charge in [-0.3, -0.25) is 4.79 Å². The number of benzene rings is 2. The fourth-order valence-corrected chi connectivity index (χ4v) is 3.85. The van der Waals surface area contributed by atoms with Gasteiger partial charge in [-0.05, 0) is 48.4 Å². The zero-order valence-corrected chi connectivity index (χ0v) is 21.7. The lowest BCUT2D eigenvalue weighted by Gasteiger charge is -2.10. The van der Waals surface area contributed by atoms with Gasteiger partial charge >= 0.3 is 5.97 Å². The number of hydrogen-bond donors (Lipinski definition) is 1. The Hall–Kier alpha value is -2.67. The maximum absolute atomic E-state index is 12.4. The molecule has 0 atom stereocenters. The topological polar surface area (TPSA) is 77.0 Å². The second-order valence-corrected chi connectivity index (χ2v) is 9.10. The molecule has 0 aliphatic rings. The predicted octanol–water partition coefficient (Wildman–Crippen LogP) is 7.05. The number of ether oxygens (including phenoxy) is 2. The molecule has 0 bridgehead atoms. The quantitative estimate of drug-likeness (QED) is 0.0879. The van der Waals surface area contributed by atoms with Crippen molar-refractivity contribution >= 4 is 34.0 Å². The van der Waals surface area contributed by atoms with Crippen molar-refractivity contribution in [3.63, 3.8) is 0 Å². The summed E-state index contributed by atoms with van der Waals surface area (Å²) >= 11 is 3.34. The van der Waals surface area contributed by atoms with Crippen molar-refractivity contribution in [1.29, 1.82) is 0 Å². The van der Waals surface area contributed by atoms with Gasteiger partial charge < -0.3 is 9.47 Å². The molecule has 0 heterocycles. The molecule has 0 aliphatic carbocycles. The maximum Gasteiger partial charge on any atom is 0.343 e. The van der Waals surface area contributed by atoms with Gasteiger partial charge in [-0.25, -0.2) is 10.2 Å². The van der Waals surface area contributed by atoms with Gasteiger partial charge in [0.05, 0.1) is 18.9 Å². The molecule has 2 aromatic rings. The molecule has 184 valence electrons. The SMILES string of the molecule is CCCCCCCCCCCC(=O)NN=Cc1ccc(OC(=O)c2cccc(Br)c2)c(OC)c1. The fraction of sp³-hybridized carbons (Fsp3) is 0.444. The summed E-state index contributed by atoms with van der Waals surface area (Å²) in [6, 6.07) is 12.0. The number of hydrogen-bond acceptors (Lipinski definition) is 5. The minimum absolute atomic E-state index is 0.0919. The molecule has 0 unspecified atom stereocenters. The molecule has 2 aromatic carbocycles. The Bertz CT molecular complexity index is 946. The molecule has 34 heavy (non-hydrogen) atoms. The third-order valence-corrected chi connectivity index (χ3v) is 5.85. The number of amides is 1. The van der Waals surface area contributed by atoms with E-state index in [1.165, 1.54) is 58.3 Å². The van der Waals surface area contributed by atoms with Crippen LogP contribution in [0.1, 0.15) is 87.1 Å². The smallest absolute Gasteiger partial charge is 0.343 e. The molecular weight excluding hydrogens is 496 g/mol. The molecule has 6 nitrogen and oxygen atoms in total. The lowest BCUT2D eigenvalue weighted by Crippen LogP contribution is -2.16. The minimum atomic E-state index is -0.482. The summed E-state index contributed by atoms with van der Waals surface area (Å²) in [7, 11) is 1.50. The minimum Gasteiger partial charge on any atom is -0.493 e. The van der Waals surface area contributed by atoms with E-state index in [1.54, 1.807) is 36.4 Å². The average molecular weight is 531 g/mol. The molecule has 7 heteroatoms. The van der Waals surface area contributed by atoms with Gasteiger partial charge in [0.15, 0.2) is 11.5 Å². The highest BCUT2D eigenvalue weighted by atomic mass is 79.9. The first-order chi connectivity index (χ1) is 16.5. The first-order valence-electron chi connectivity index (χ1n) is 12.0. The van der Waals surface area contributed by atoms with Crippen molar-refractivity contribution in [2.45, 2.75) is 71.1 Å². The van der Waals surface area contributed by atoms with Gasteiger partial charge in [0.1, 0.15) is 0 Å². The third kappa shape index (κ3) is 10.5. The van der Waals surface area contributed by atoms with Gasteiger partial charge in [0, 0.05) is 10.9 Å². The van der Waals surface area contributed by atoms with Crippen LogP contribution in [0, 0.1) is 0 Å². The average Bonchev–Trinajstić information content (AvgIpc) is 2.83. The number of nitrogens with one attached hydrogen (secondary N) is 1. The molecule has 0 saturated carbocycles. The highest BCUT2D eigenvalue weighted by Gasteiger charge is 2.13. The second kappa shape index (κ2) is 16.0. The molecule has 1 amide bonds.